The van der Waals surface area contributed by atoms with Crippen LogP contribution in [0.3, 0.4) is 0 Å². The van der Waals surface area contributed by atoms with Crippen LogP contribution in [0, 0.1) is 17.3 Å². The number of nitrogens with one attached hydrogen (secondary N) is 1. The highest BCUT2D eigenvalue weighted by molar-refractivity contribution is 7.10. The Labute approximate surface area is 125 Å². The zero-order chi connectivity index (χ0) is 15.2. The van der Waals surface area contributed by atoms with E-state index in [1.165, 1.54) is 11.3 Å². The third kappa shape index (κ3) is 5.74. The van der Waals surface area contributed by atoms with E-state index in [4.69, 9.17) is 5.73 Å². The van der Waals surface area contributed by atoms with Crippen LogP contribution in [0.5, 0.6) is 0 Å². The lowest BCUT2D eigenvalue weighted by Crippen LogP contribution is -2.39. The second-order valence-corrected chi connectivity index (χ2v) is 6.70. The van der Waals surface area contributed by atoms with E-state index >= 15 is 0 Å². The van der Waals surface area contributed by atoms with Crippen molar-refractivity contribution >= 4 is 17.2 Å². The van der Waals surface area contributed by atoms with Gasteiger partial charge in [-0.2, -0.15) is 0 Å². The molecule has 0 aliphatic heterocycles. The second-order valence-electron chi connectivity index (χ2n) is 5.79. The predicted octanol–water partition coefficient (Wildman–Crippen LogP) is 1.38. The normalized spacial score (nSPS) is 11.1. The maximum absolute atomic E-state index is 12.1. The molecule has 4 nitrogen and oxygen atoms in total. The number of rotatable bonds is 5. The first kappa shape index (κ1) is 16.7. The van der Waals surface area contributed by atoms with Gasteiger partial charge < -0.3 is 16.0 Å². The Hall–Kier alpha value is -1.35. The van der Waals surface area contributed by atoms with Gasteiger partial charge >= 0.3 is 0 Å². The molecule has 1 rings (SSSR count). The van der Waals surface area contributed by atoms with Crippen LogP contribution in [-0.2, 0) is 0 Å². The van der Waals surface area contributed by atoms with Crippen molar-refractivity contribution in [3.63, 3.8) is 0 Å². The van der Waals surface area contributed by atoms with Crippen LogP contribution in [0.25, 0.3) is 0 Å². The molecule has 0 atom stereocenters. The van der Waals surface area contributed by atoms with Crippen LogP contribution in [-0.4, -0.2) is 44.5 Å². The molecular weight excluding hydrogens is 270 g/mol. The maximum Gasteiger partial charge on any atom is 0.252 e. The van der Waals surface area contributed by atoms with E-state index in [0.29, 0.717) is 18.7 Å². The van der Waals surface area contributed by atoms with Gasteiger partial charge in [0.05, 0.1) is 17.0 Å². The first-order valence-electron chi connectivity index (χ1n) is 6.54. The minimum Gasteiger partial charge on any atom is -0.351 e. The van der Waals surface area contributed by atoms with Gasteiger partial charge in [0.15, 0.2) is 0 Å². The summed E-state index contributed by atoms with van der Waals surface area (Å²) in [5.41, 5.74) is 6.03. The Balaban J connectivity index is 2.57. The molecule has 110 valence electrons. The van der Waals surface area contributed by atoms with Gasteiger partial charge in [-0.15, -0.1) is 11.3 Å². The fourth-order valence-electron chi connectivity index (χ4n) is 1.99. The molecule has 1 aromatic rings. The summed E-state index contributed by atoms with van der Waals surface area (Å²) < 4.78 is 0. The van der Waals surface area contributed by atoms with E-state index in [-0.39, 0.29) is 11.3 Å². The molecule has 3 N–H and O–H groups in total. The minimum atomic E-state index is -0.0473. The van der Waals surface area contributed by atoms with E-state index in [9.17, 15) is 4.79 Å². The lowest BCUT2D eigenvalue weighted by molar-refractivity contribution is 0.0929. The lowest BCUT2D eigenvalue weighted by atomic mass is 9.93. The molecule has 0 saturated heterocycles. The largest absolute Gasteiger partial charge is 0.351 e. The Morgan fingerprint density at radius 1 is 1.50 bits per heavy atom. The highest BCUT2D eigenvalue weighted by Gasteiger charge is 2.20. The van der Waals surface area contributed by atoms with Crippen LogP contribution in [0.1, 0.15) is 29.1 Å². The van der Waals surface area contributed by atoms with Gasteiger partial charge in [-0.25, -0.2) is 0 Å². The predicted molar refractivity (Wildman–Crippen MR) is 84.9 cm³/mol. The van der Waals surface area contributed by atoms with Crippen molar-refractivity contribution in [2.45, 2.75) is 13.8 Å². The first-order chi connectivity index (χ1) is 9.34. The standard InChI is InChI=1S/C15H23N3OS/c1-15(2,11-18(3)4)10-17-14(19)12-8-13(20-9-12)6-5-7-16/h8-9H,7,10-11,16H2,1-4H3,(H,17,19). The number of nitrogens with two attached hydrogens (primary N) is 1. The van der Waals surface area contributed by atoms with E-state index in [2.05, 4.69) is 35.9 Å². The Morgan fingerprint density at radius 2 is 2.20 bits per heavy atom. The fraction of sp³-hybridized carbons (Fsp3) is 0.533. The Kier molecular flexibility index (Phi) is 6.21. The SMILES string of the molecule is CN(C)CC(C)(C)CNC(=O)c1csc(C#CCN)c1. The molecule has 0 saturated carbocycles. The van der Waals surface area contributed by atoms with E-state index in [1.807, 2.05) is 25.5 Å². The Morgan fingerprint density at radius 3 is 2.80 bits per heavy atom. The molecular formula is C15H23N3OS. The number of thiophene rings is 1. The topological polar surface area (TPSA) is 58.4 Å². The van der Waals surface area contributed by atoms with Crippen LogP contribution >= 0.6 is 11.3 Å². The number of nitrogens with zero attached hydrogens (tertiary/aromatic N) is 1. The summed E-state index contributed by atoms with van der Waals surface area (Å²) >= 11 is 1.46. The lowest BCUT2D eigenvalue weighted by Gasteiger charge is -2.28. The van der Waals surface area contributed by atoms with Crippen LogP contribution < -0.4 is 11.1 Å². The highest BCUT2D eigenvalue weighted by Crippen LogP contribution is 2.16. The highest BCUT2D eigenvalue weighted by atomic mass is 32.1. The molecule has 0 aliphatic rings. The molecule has 20 heavy (non-hydrogen) atoms. The molecule has 0 fully saturated rings. The summed E-state index contributed by atoms with van der Waals surface area (Å²) in [4.78, 5) is 15.1. The summed E-state index contributed by atoms with van der Waals surface area (Å²) in [6.07, 6.45) is 0. The van der Waals surface area contributed by atoms with E-state index in [1.54, 1.807) is 0 Å². The van der Waals surface area contributed by atoms with E-state index in [0.717, 1.165) is 11.4 Å². The Bertz CT molecular complexity index is 509. The number of carbonyl (C=O) groups is 1. The van der Waals surface area contributed by atoms with Crippen molar-refractivity contribution in [2.75, 3.05) is 33.7 Å². The number of carbonyl (C=O) groups excluding carboxylic acids is 1. The third-order valence-corrected chi connectivity index (χ3v) is 3.49. The van der Waals surface area contributed by atoms with Gasteiger partial charge in [0.2, 0.25) is 0 Å². The molecule has 0 aliphatic carbocycles. The van der Waals surface area contributed by atoms with Crippen molar-refractivity contribution in [3.8, 4) is 11.8 Å². The molecule has 0 aromatic carbocycles. The molecule has 0 radical (unpaired) electrons. The number of amides is 1. The third-order valence-electron chi connectivity index (χ3n) is 2.65. The summed E-state index contributed by atoms with van der Waals surface area (Å²) in [5.74, 6) is 5.67. The molecule has 1 amide bonds. The maximum atomic E-state index is 12.1. The average molecular weight is 293 g/mol. The van der Waals surface area contributed by atoms with Crippen molar-refractivity contribution in [2.24, 2.45) is 11.1 Å². The van der Waals surface area contributed by atoms with Gasteiger partial charge in [-0.05, 0) is 25.6 Å². The average Bonchev–Trinajstić information content (AvgIpc) is 2.80. The van der Waals surface area contributed by atoms with Gasteiger partial charge in [0.1, 0.15) is 0 Å². The molecule has 5 heteroatoms. The molecule has 1 aromatic heterocycles. The molecule has 1 heterocycles. The smallest absolute Gasteiger partial charge is 0.252 e. The van der Waals surface area contributed by atoms with Gasteiger partial charge in [0.25, 0.3) is 5.91 Å². The monoisotopic (exact) mass is 293 g/mol. The molecule has 0 unspecified atom stereocenters. The van der Waals surface area contributed by atoms with Crippen molar-refractivity contribution in [3.05, 3.63) is 21.9 Å². The van der Waals surface area contributed by atoms with Crippen LogP contribution in [0.2, 0.25) is 0 Å². The number of hydrogen-bond acceptors (Lipinski definition) is 4. The van der Waals surface area contributed by atoms with Crippen LogP contribution in [0.4, 0.5) is 0 Å². The zero-order valence-corrected chi connectivity index (χ0v) is 13.4. The zero-order valence-electron chi connectivity index (χ0n) is 12.6. The molecule has 0 bridgehead atoms. The second kappa shape index (κ2) is 7.44. The van der Waals surface area contributed by atoms with Crippen molar-refractivity contribution in [1.82, 2.24) is 10.2 Å². The summed E-state index contributed by atoms with van der Waals surface area (Å²) in [7, 11) is 4.07. The number of hydrogen-bond donors (Lipinski definition) is 2. The van der Waals surface area contributed by atoms with Gasteiger partial charge in [-0.1, -0.05) is 25.7 Å². The summed E-state index contributed by atoms with van der Waals surface area (Å²) in [5, 5.41) is 4.81. The summed E-state index contributed by atoms with van der Waals surface area (Å²) in [6, 6.07) is 1.81. The van der Waals surface area contributed by atoms with Crippen LogP contribution in [0.15, 0.2) is 11.4 Å². The first-order valence-corrected chi connectivity index (χ1v) is 7.42. The van der Waals surface area contributed by atoms with Gasteiger partial charge in [0, 0.05) is 18.5 Å². The minimum absolute atomic E-state index is 0.0391. The fourth-order valence-corrected chi connectivity index (χ4v) is 2.75. The summed E-state index contributed by atoms with van der Waals surface area (Å²) in [6.45, 7) is 6.17. The molecule has 0 spiro atoms. The van der Waals surface area contributed by atoms with E-state index < -0.39 is 0 Å². The van der Waals surface area contributed by atoms with Crippen molar-refractivity contribution < 1.29 is 4.79 Å². The quantitative estimate of drug-likeness (QED) is 0.806. The van der Waals surface area contributed by atoms with Gasteiger partial charge in [-0.3, -0.25) is 4.79 Å². The van der Waals surface area contributed by atoms with Crippen molar-refractivity contribution in [1.29, 1.82) is 0 Å².